The van der Waals surface area contributed by atoms with Crippen LogP contribution in [0.15, 0.2) is 67.0 Å². The molecule has 1 saturated carbocycles. The summed E-state index contributed by atoms with van der Waals surface area (Å²) in [6, 6.07) is 12.5. The molecule has 50 heavy (non-hydrogen) atoms. The first-order chi connectivity index (χ1) is 23.9. The first-order valence-electron chi connectivity index (χ1n) is 17.7. The van der Waals surface area contributed by atoms with Crippen LogP contribution >= 0.6 is 0 Å². The Balaban J connectivity index is 1.48. The van der Waals surface area contributed by atoms with E-state index in [0.717, 1.165) is 29.2 Å². The minimum atomic E-state index is -3.75. The number of carbonyl (C=O) groups excluding carboxylic acids is 1. The second kappa shape index (κ2) is 16.4. The molecule has 0 radical (unpaired) electrons. The van der Waals surface area contributed by atoms with Crippen molar-refractivity contribution in [1.82, 2.24) is 15.2 Å². The van der Waals surface area contributed by atoms with Crippen LogP contribution in [0.25, 0.3) is 0 Å². The lowest BCUT2D eigenvalue weighted by molar-refractivity contribution is -0.138. The Labute approximate surface area is 294 Å². The number of pyridine rings is 1. The normalized spacial score (nSPS) is 19.9. The molecule has 1 amide bonds. The maximum atomic E-state index is 15.0. The number of nitrogens with two attached hydrogens (primary N) is 1. The largest absolute Gasteiger partial charge is 0.390 e. The van der Waals surface area contributed by atoms with Gasteiger partial charge >= 0.3 is 0 Å². The van der Waals surface area contributed by atoms with Gasteiger partial charge in [0.1, 0.15) is 30.0 Å². The smallest absolute Gasteiger partial charge is 0.241 e. The number of halogens is 2. The van der Waals surface area contributed by atoms with Crippen molar-refractivity contribution in [3.05, 3.63) is 101 Å². The van der Waals surface area contributed by atoms with E-state index in [-0.39, 0.29) is 18.5 Å². The summed E-state index contributed by atoms with van der Waals surface area (Å²) in [7, 11) is -3.75. The molecule has 2 heterocycles. The standard InChI is InChI=1S/C38H50F2N4O5S/c1-4-9-31(10-5-2)50(47,48)24-33(43-36-35(49-36)27-12-8-16-42-22-27)37(46)44(38(14-15-38)28-13-7-11-25(6-3)17-28)23-34(45)32(41)20-26-18-29(39)21-30(40)19-26/h7-8,11-13,16-19,21-22,31-36,43,45H,4-6,9-10,14-15,20,23-24,41H2,1-3H3/t32-,33+,34+,35?,36?/m0/s1. The van der Waals surface area contributed by atoms with Gasteiger partial charge in [0.2, 0.25) is 5.91 Å². The molecule has 1 saturated heterocycles. The van der Waals surface area contributed by atoms with Crippen molar-refractivity contribution in [2.45, 2.75) is 113 Å². The van der Waals surface area contributed by atoms with Crippen LogP contribution in [-0.2, 0) is 37.7 Å². The number of epoxide rings is 1. The minimum Gasteiger partial charge on any atom is -0.390 e. The number of nitrogens with one attached hydrogen (secondary N) is 1. The number of aromatic nitrogens is 1. The number of rotatable bonds is 19. The van der Waals surface area contributed by atoms with Gasteiger partial charge in [-0.25, -0.2) is 17.2 Å². The van der Waals surface area contributed by atoms with Gasteiger partial charge in [0.05, 0.1) is 22.6 Å². The summed E-state index contributed by atoms with van der Waals surface area (Å²) in [5.41, 5.74) is 8.69. The lowest BCUT2D eigenvalue weighted by Gasteiger charge is -2.38. The third-order valence-corrected chi connectivity index (χ3v) is 12.2. The van der Waals surface area contributed by atoms with Crippen LogP contribution < -0.4 is 11.1 Å². The van der Waals surface area contributed by atoms with Crippen molar-refractivity contribution in [2.75, 3.05) is 12.3 Å². The third kappa shape index (κ3) is 9.13. The highest BCUT2D eigenvalue weighted by Gasteiger charge is 2.54. The van der Waals surface area contributed by atoms with Crippen LogP contribution in [0.3, 0.4) is 0 Å². The fourth-order valence-corrected chi connectivity index (χ4v) is 9.14. The average Bonchev–Trinajstić information content (AvgIpc) is 4.03. The molecule has 3 aromatic rings. The summed E-state index contributed by atoms with van der Waals surface area (Å²) in [6.07, 6.45) is 5.32. The molecular formula is C38H50F2N4O5S. The van der Waals surface area contributed by atoms with Crippen LogP contribution in [0.1, 0.15) is 87.7 Å². The van der Waals surface area contributed by atoms with E-state index in [0.29, 0.717) is 38.5 Å². The number of amides is 1. The van der Waals surface area contributed by atoms with Crippen LogP contribution in [0.2, 0.25) is 0 Å². The van der Waals surface area contributed by atoms with Crippen LogP contribution in [-0.4, -0.2) is 71.3 Å². The zero-order valence-electron chi connectivity index (χ0n) is 29.1. The number of ether oxygens (including phenoxy) is 1. The van der Waals surface area contributed by atoms with Gasteiger partial charge in [-0.05, 0) is 73.4 Å². The Morgan fingerprint density at radius 2 is 1.76 bits per heavy atom. The summed E-state index contributed by atoms with van der Waals surface area (Å²) in [4.78, 5) is 20.7. The second-order valence-corrected chi connectivity index (χ2v) is 16.1. The van der Waals surface area contributed by atoms with Gasteiger partial charge in [0.25, 0.3) is 0 Å². The molecule has 12 heteroatoms. The van der Waals surface area contributed by atoms with E-state index in [1.54, 1.807) is 23.4 Å². The van der Waals surface area contributed by atoms with Crippen molar-refractivity contribution in [3.63, 3.8) is 0 Å². The zero-order chi connectivity index (χ0) is 36.1. The number of aliphatic hydroxyl groups excluding tert-OH is 1. The van der Waals surface area contributed by atoms with E-state index >= 15 is 0 Å². The summed E-state index contributed by atoms with van der Waals surface area (Å²) in [6.45, 7) is 5.72. The summed E-state index contributed by atoms with van der Waals surface area (Å²) in [5, 5.41) is 14.2. The van der Waals surface area contributed by atoms with E-state index in [9.17, 15) is 27.1 Å². The quantitative estimate of drug-likeness (QED) is 0.146. The molecule has 1 aliphatic heterocycles. The molecule has 4 N–H and O–H groups in total. The molecular weight excluding hydrogens is 663 g/mol. The molecule has 0 spiro atoms. The molecule has 1 aromatic heterocycles. The van der Waals surface area contributed by atoms with E-state index in [1.165, 1.54) is 12.1 Å². The van der Waals surface area contributed by atoms with Gasteiger partial charge in [-0.2, -0.15) is 0 Å². The molecule has 2 fully saturated rings. The minimum absolute atomic E-state index is 0.0370. The predicted molar refractivity (Wildman–Crippen MR) is 189 cm³/mol. The number of benzene rings is 2. The molecule has 5 rings (SSSR count). The molecule has 2 aromatic carbocycles. The first-order valence-corrected chi connectivity index (χ1v) is 19.4. The number of aliphatic hydroxyl groups is 1. The maximum absolute atomic E-state index is 15.0. The molecule has 2 aliphatic rings. The van der Waals surface area contributed by atoms with Crippen molar-refractivity contribution in [2.24, 2.45) is 5.73 Å². The third-order valence-electron chi connectivity index (χ3n) is 9.93. The Kier molecular flexibility index (Phi) is 12.4. The van der Waals surface area contributed by atoms with Crippen LogP contribution in [0.5, 0.6) is 0 Å². The van der Waals surface area contributed by atoms with Crippen LogP contribution in [0, 0.1) is 11.6 Å². The number of carbonyl (C=O) groups is 1. The van der Waals surface area contributed by atoms with Crippen molar-refractivity contribution >= 4 is 15.7 Å². The molecule has 2 unspecified atom stereocenters. The van der Waals surface area contributed by atoms with E-state index in [1.807, 2.05) is 45.0 Å². The molecule has 0 bridgehead atoms. The van der Waals surface area contributed by atoms with Gasteiger partial charge in [-0.3, -0.25) is 15.1 Å². The Morgan fingerprint density at radius 1 is 1.06 bits per heavy atom. The van der Waals surface area contributed by atoms with Gasteiger partial charge in [-0.15, -0.1) is 0 Å². The van der Waals surface area contributed by atoms with Gasteiger partial charge in [-0.1, -0.05) is 63.9 Å². The van der Waals surface area contributed by atoms with E-state index in [4.69, 9.17) is 10.5 Å². The topological polar surface area (TPSA) is 138 Å². The molecule has 272 valence electrons. The number of nitrogens with zero attached hydrogens (tertiary/aromatic N) is 2. The van der Waals surface area contributed by atoms with Gasteiger partial charge < -0.3 is 20.5 Å². The molecule has 5 atom stereocenters. The molecule has 9 nitrogen and oxygen atoms in total. The van der Waals surface area contributed by atoms with Gasteiger partial charge in [0.15, 0.2) is 9.84 Å². The SMILES string of the molecule is CCCC(CCC)S(=O)(=O)C[C@@H](NC1OC1c1cccnc1)C(=O)N(C[C@@H](O)[C@@H](N)Cc1cc(F)cc(F)c1)C1(c2cccc(CC)c2)CC1. The monoisotopic (exact) mass is 712 g/mol. The Hall–Kier alpha value is -3.29. The zero-order valence-corrected chi connectivity index (χ0v) is 29.9. The Morgan fingerprint density at radius 3 is 2.36 bits per heavy atom. The number of hydrogen-bond acceptors (Lipinski definition) is 8. The average molecular weight is 713 g/mol. The lowest BCUT2D eigenvalue weighted by atomic mass is 9.96. The summed E-state index contributed by atoms with van der Waals surface area (Å²) in [5.74, 6) is -2.43. The number of aryl methyl sites for hydroxylation is 1. The number of hydrogen-bond donors (Lipinski definition) is 3. The fourth-order valence-electron chi connectivity index (χ4n) is 6.98. The lowest BCUT2D eigenvalue weighted by Crippen LogP contribution is -2.57. The van der Waals surface area contributed by atoms with Crippen molar-refractivity contribution < 1.29 is 31.8 Å². The summed E-state index contributed by atoms with van der Waals surface area (Å²) >= 11 is 0. The van der Waals surface area contributed by atoms with E-state index < -0.39 is 74.4 Å². The maximum Gasteiger partial charge on any atom is 0.241 e. The highest BCUT2D eigenvalue weighted by Crippen LogP contribution is 2.52. The van der Waals surface area contributed by atoms with Crippen molar-refractivity contribution in [3.8, 4) is 0 Å². The van der Waals surface area contributed by atoms with Gasteiger partial charge in [0, 0.05) is 36.6 Å². The highest BCUT2D eigenvalue weighted by atomic mass is 32.2. The van der Waals surface area contributed by atoms with E-state index in [2.05, 4.69) is 16.4 Å². The first kappa shape index (κ1) is 38.0. The Bertz CT molecular complexity index is 1680. The molecule has 1 aliphatic carbocycles. The summed E-state index contributed by atoms with van der Waals surface area (Å²) < 4.78 is 61.9. The number of sulfone groups is 1. The second-order valence-electron chi connectivity index (χ2n) is 13.8. The fraction of sp³-hybridized carbons (Fsp3) is 0.526. The van der Waals surface area contributed by atoms with Crippen molar-refractivity contribution in [1.29, 1.82) is 0 Å². The predicted octanol–water partition coefficient (Wildman–Crippen LogP) is 5.11. The van der Waals surface area contributed by atoms with Crippen LogP contribution in [0.4, 0.5) is 8.78 Å². The highest BCUT2D eigenvalue weighted by molar-refractivity contribution is 7.92.